The van der Waals surface area contributed by atoms with Crippen LogP contribution in [-0.4, -0.2) is 17.9 Å². The van der Waals surface area contributed by atoms with Crippen molar-refractivity contribution in [1.82, 2.24) is 10.3 Å². The van der Waals surface area contributed by atoms with Gasteiger partial charge in [0.15, 0.2) is 0 Å². The molecule has 1 unspecified atom stereocenters. The van der Waals surface area contributed by atoms with Crippen molar-refractivity contribution in [2.24, 2.45) is 5.92 Å². The monoisotopic (exact) mass is 212 g/mol. The number of pyridine rings is 1. The molecule has 0 spiro atoms. The third kappa shape index (κ3) is 3.00. The van der Waals surface area contributed by atoms with Crippen LogP contribution in [0.5, 0.6) is 0 Å². The van der Waals surface area contributed by atoms with E-state index in [9.17, 15) is 4.79 Å². The van der Waals surface area contributed by atoms with E-state index in [1.54, 1.807) is 19.3 Å². The highest BCUT2D eigenvalue weighted by Gasteiger charge is 2.11. The number of rotatable bonds is 3. The van der Waals surface area contributed by atoms with Crippen LogP contribution in [0.2, 0.25) is 5.15 Å². The molecular formula is C10H13ClN2O. The fourth-order valence-electron chi connectivity index (χ4n) is 1.22. The number of hydrogen-bond donors (Lipinski definition) is 1. The number of carbonyl (C=O) groups is 1. The van der Waals surface area contributed by atoms with Crippen LogP contribution in [0.3, 0.4) is 0 Å². The van der Waals surface area contributed by atoms with Crippen LogP contribution >= 0.6 is 11.6 Å². The summed E-state index contributed by atoms with van der Waals surface area (Å²) < 4.78 is 0. The number of halogens is 1. The number of nitrogens with one attached hydrogen (secondary N) is 1. The molecule has 4 heteroatoms. The van der Waals surface area contributed by atoms with Gasteiger partial charge in [-0.15, -0.1) is 0 Å². The maximum Gasteiger partial charge on any atom is 0.222 e. The van der Waals surface area contributed by atoms with Gasteiger partial charge >= 0.3 is 0 Å². The Balaban J connectivity index is 2.60. The minimum Gasteiger partial charge on any atom is -0.359 e. The number of amides is 1. The summed E-state index contributed by atoms with van der Waals surface area (Å²) in [6.07, 6.45) is 2.38. The molecule has 76 valence electrons. The van der Waals surface area contributed by atoms with Gasteiger partial charge in [-0.3, -0.25) is 4.79 Å². The van der Waals surface area contributed by atoms with E-state index in [-0.39, 0.29) is 11.8 Å². The number of carbonyl (C=O) groups excluding carboxylic acids is 1. The van der Waals surface area contributed by atoms with E-state index in [1.165, 1.54) is 0 Å². The molecule has 1 rings (SSSR count). The average Bonchev–Trinajstić information content (AvgIpc) is 2.20. The number of aromatic nitrogens is 1. The van der Waals surface area contributed by atoms with Crippen LogP contribution in [-0.2, 0) is 11.2 Å². The second-order valence-electron chi connectivity index (χ2n) is 3.21. The van der Waals surface area contributed by atoms with Gasteiger partial charge in [0.25, 0.3) is 0 Å². The van der Waals surface area contributed by atoms with E-state index in [2.05, 4.69) is 10.3 Å². The SMILES string of the molecule is CNC(=O)C(C)Cc1ccc(Cl)nc1. The fourth-order valence-corrected chi connectivity index (χ4v) is 1.33. The van der Waals surface area contributed by atoms with E-state index in [1.807, 2.05) is 13.0 Å². The molecule has 0 aliphatic rings. The maximum absolute atomic E-state index is 11.2. The molecule has 0 fully saturated rings. The third-order valence-electron chi connectivity index (χ3n) is 2.02. The van der Waals surface area contributed by atoms with Crippen molar-refractivity contribution in [3.05, 3.63) is 29.0 Å². The van der Waals surface area contributed by atoms with Gasteiger partial charge in [-0.1, -0.05) is 24.6 Å². The van der Waals surface area contributed by atoms with Crippen molar-refractivity contribution < 1.29 is 4.79 Å². The van der Waals surface area contributed by atoms with Crippen LogP contribution in [0, 0.1) is 5.92 Å². The Morgan fingerprint density at radius 2 is 2.36 bits per heavy atom. The summed E-state index contributed by atoms with van der Waals surface area (Å²) in [7, 11) is 1.64. The highest BCUT2D eigenvalue weighted by Crippen LogP contribution is 2.10. The minimum atomic E-state index is -0.0389. The van der Waals surface area contributed by atoms with Gasteiger partial charge in [-0.05, 0) is 18.1 Å². The molecular weight excluding hydrogens is 200 g/mol. The van der Waals surface area contributed by atoms with Gasteiger partial charge in [0, 0.05) is 19.2 Å². The smallest absolute Gasteiger partial charge is 0.222 e. The van der Waals surface area contributed by atoms with Crippen LogP contribution in [0.15, 0.2) is 18.3 Å². The predicted octanol–water partition coefficient (Wildman–Crippen LogP) is 1.66. The van der Waals surface area contributed by atoms with Gasteiger partial charge in [0.1, 0.15) is 5.15 Å². The van der Waals surface area contributed by atoms with Crippen molar-refractivity contribution in [2.45, 2.75) is 13.3 Å². The lowest BCUT2D eigenvalue weighted by Crippen LogP contribution is -2.26. The number of hydrogen-bond acceptors (Lipinski definition) is 2. The van der Waals surface area contributed by atoms with Crippen molar-refractivity contribution in [3.63, 3.8) is 0 Å². The molecule has 1 aromatic heterocycles. The molecule has 1 N–H and O–H groups in total. The first-order valence-corrected chi connectivity index (χ1v) is 4.83. The summed E-state index contributed by atoms with van der Waals surface area (Å²) in [6.45, 7) is 1.88. The summed E-state index contributed by atoms with van der Waals surface area (Å²) >= 11 is 5.65. The number of nitrogens with zero attached hydrogens (tertiary/aromatic N) is 1. The Hall–Kier alpha value is -1.09. The fraction of sp³-hybridized carbons (Fsp3) is 0.400. The highest BCUT2D eigenvalue weighted by molar-refractivity contribution is 6.29. The molecule has 1 heterocycles. The minimum absolute atomic E-state index is 0.0389. The van der Waals surface area contributed by atoms with Crippen molar-refractivity contribution in [1.29, 1.82) is 0 Å². The molecule has 0 aliphatic carbocycles. The lowest BCUT2D eigenvalue weighted by atomic mass is 10.0. The van der Waals surface area contributed by atoms with E-state index < -0.39 is 0 Å². The lowest BCUT2D eigenvalue weighted by molar-refractivity contribution is -0.123. The molecule has 1 amide bonds. The van der Waals surface area contributed by atoms with Crippen LogP contribution in [0.1, 0.15) is 12.5 Å². The van der Waals surface area contributed by atoms with Gasteiger partial charge in [-0.2, -0.15) is 0 Å². The van der Waals surface area contributed by atoms with E-state index >= 15 is 0 Å². The Labute approximate surface area is 88.5 Å². The first-order chi connectivity index (χ1) is 6.63. The lowest BCUT2D eigenvalue weighted by Gasteiger charge is -2.08. The Morgan fingerprint density at radius 3 is 2.86 bits per heavy atom. The Morgan fingerprint density at radius 1 is 1.64 bits per heavy atom. The highest BCUT2D eigenvalue weighted by atomic mass is 35.5. The van der Waals surface area contributed by atoms with Gasteiger partial charge in [0.2, 0.25) is 5.91 Å². The van der Waals surface area contributed by atoms with Crippen LogP contribution in [0.4, 0.5) is 0 Å². The Bertz CT molecular complexity index is 310. The molecule has 0 aliphatic heterocycles. The second-order valence-corrected chi connectivity index (χ2v) is 3.60. The Kier molecular flexibility index (Phi) is 3.89. The molecule has 0 bridgehead atoms. The zero-order valence-corrected chi connectivity index (χ0v) is 9.01. The van der Waals surface area contributed by atoms with Gasteiger partial charge in [-0.25, -0.2) is 4.98 Å². The van der Waals surface area contributed by atoms with Gasteiger partial charge in [0.05, 0.1) is 0 Å². The molecule has 3 nitrogen and oxygen atoms in total. The van der Waals surface area contributed by atoms with Crippen LogP contribution < -0.4 is 5.32 Å². The zero-order chi connectivity index (χ0) is 10.6. The molecule has 0 saturated heterocycles. The van der Waals surface area contributed by atoms with E-state index in [4.69, 9.17) is 11.6 Å². The van der Waals surface area contributed by atoms with E-state index in [0.717, 1.165) is 5.56 Å². The third-order valence-corrected chi connectivity index (χ3v) is 2.25. The first kappa shape index (κ1) is 11.0. The summed E-state index contributed by atoms with van der Waals surface area (Å²) in [6, 6.07) is 3.61. The second kappa shape index (κ2) is 4.96. The normalized spacial score (nSPS) is 12.2. The summed E-state index contributed by atoms with van der Waals surface area (Å²) in [5.74, 6) is 0.00271. The van der Waals surface area contributed by atoms with Crippen LogP contribution in [0.25, 0.3) is 0 Å². The largest absolute Gasteiger partial charge is 0.359 e. The van der Waals surface area contributed by atoms with E-state index in [0.29, 0.717) is 11.6 Å². The molecule has 1 atom stereocenters. The average molecular weight is 213 g/mol. The van der Waals surface area contributed by atoms with Gasteiger partial charge < -0.3 is 5.32 Å². The summed E-state index contributed by atoms with van der Waals surface area (Å²) in [5, 5.41) is 3.08. The predicted molar refractivity (Wildman–Crippen MR) is 56.2 cm³/mol. The molecule has 0 aromatic carbocycles. The summed E-state index contributed by atoms with van der Waals surface area (Å²) in [4.78, 5) is 15.2. The van der Waals surface area contributed by atoms with Crippen molar-refractivity contribution >= 4 is 17.5 Å². The van der Waals surface area contributed by atoms with Crippen molar-refractivity contribution in [2.75, 3.05) is 7.05 Å². The quantitative estimate of drug-likeness (QED) is 0.775. The molecule has 0 saturated carbocycles. The zero-order valence-electron chi connectivity index (χ0n) is 8.25. The van der Waals surface area contributed by atoms with Crippen molar-refractivity contribution in [3.8, 4) is 0 Å². The molecule has 1 aromatic rings. The molecule has 0 radical (unpaired) electrons. The maximum atomic E-state index is 11.2. The topological polar surface area (TPSA) is 42.0 Å². The molecule has 14 heavy (non-hydrogen) atoms. The first-order valence-electron chi connectivity index (χ1n) is 4.45. The summed E-state index contributed by atoms with van der Waals surface area (Å²) in [5.41, 5.74) is 1.02. The standard InChI is InChI=1S/C10H13ClN2O/c1-7(10(14)12-2)5-8-3-4-9(11)13-6-8/h3-4,6-7H,5H2,1-2H3,(H,12,14).